The Hall–Kier alpha value is -2.17. The lowest BCUT2D eigenvalue weighted by atomic mass is 10.1. The number of aromatic nitrogens is 2. The third kappa shape index (κ3) is 3.28. The molecule has 0 spiro atoms. The summed E-state index contributed by atoms with van der Waals surface area (Å²) in [6.07, 6.45) is 1.72. The van der Waals surface area contributed by atoms with Crippen LogP contribution in [-0.2, 0) is 0 Å². The standard InChI is InChI=1S/C17H14Cl2N2O2/c1-2-23-16-7-6-11(8-14(16)19)15-10-21(17(22)20-15)13-5-3-4-12(18)9-13/h3-10H,2H2,1H3,(H,20,22). The van der Waals surface area contributed by atoms with Crippen LogP contribution in [0.2, 0.25) is 10.0 Å². The van der Waals surface area contributed by atoms with Crippen LogP contribution in [0.1, 0.15) is 6.92 Å². The van der Waals surface area contributed by atoms with E-state index < -0.39 is 0 Å². The normalized spacial score (nSPS) is 10.7. The molecule has 0 atom stereocenters. The smallest absolute Gasteiger partial charge is 0.330 e. The Morgan fingerprint density at radius 3 is 2.70 bits per heavy atom. The molecule has 1 N–H and O–H groups in total. The average Bonchev–Trinajstić information content (AvgIpc) is 2.91. The summed E-state index contributed by atoms with van der Waals surface area (Å²) in [7, 11) is 0. The molecule has 0 amide bonds. The van der Waals surface area contributed by atoms with Crippen molar-refractivity contribution in [2.45, 2.75) is 6.92 Å². The van der Waals surface area contributed by atoms with Crippen LogP contribution in [0.3, 0.4) is 0 Å². The van der Waals surface area contributed by atoms with Gasteiger partial charge in [-0.05, 0) is 43.3 Å². The van der Waals surface area contributed by atoms with Gasteiger partial charge >= 0.3 is 5.69 Å². The molecular formula is C17H14Cl2N2O2. The highest BCUT2D eigenvalue weighted by Gasteiger charge is 2.10. The zero-order valence-corrected chi connectivity index (χ0v) is 13.9. The summed E-state index contributed by atoms with van der Waals surface area (Å²) in [6, 6.07) is 12.5. The van der Waals surface area contributed by atoms with Gasteiger partial charge in [0, 0.05) is 16.8 Å². The Morgan fingerprint density at radius 1 is 1.17 bits per heavy atom. The number of benzene rings is 2. The number of hydrogen-bond donors (Lipinski definition) is 1. The molecule has 3 aromatic rings. The number of ether oxygens (including phenoxy) is 1. The van der Waals surface area contributed by atoms with Gasteiger partial charge in [0.05, 0.1) is 23.0 Å². The molecule has 0 aliphatic heterocycles. The Labute approximate surface area is 143 Å². The molecule has 23 heavy (non-hydrogen) atoms. The molecule has 4 nitrogen and oxygen atoms in total. The van der Waals surface area contributed by atoms with Gasteiger partial charge in [-0.25, -0.2) is 4.79 Å². The van der Waals surface area contributed by atoms with Gasteiger partial charge in [-0.3, -0.25) is 4.57 Å². The monoisotopic (exact) mass is 348 g/mol. The molecule has 0 fully saturated rings. The van der Waals surface area contributed by atoms with Crippen molar-refractivity contribution in [3.8, 4) is 22.7 Å². The topological polar surface area (TPSA) is 47.0 Å². The maximum absolute atomic E-state index is 12.2. The molecule has 0 aliphatic carbocycles. The summed E-state index contributed by atoms with van der Waals surface area (Å²) >= 11 is 12.2. The van der Waals surface area contributed by atoms with Crippen molar-refractivity contribution in [1.82, 2.24) is 9.55 Å². The Kier molecular flexibility index (Phi) is 4.46. The highest BCUT2D eigenvalue weighted by Crippen LogP contribution is 2.29. The lowest BCUT2D eigenvalue weighted by molar-refractivity contribution is 0.340. The second kappa shape index (κ2) is 6.52. The van der Waals surface area contributed by atoms with Crippen molar-refractivity contribution < 1.29 is 4.74 Å². The van der Waals surface area contributed by atoms with Crippen LogP contribution < -0.4 is 10.4 Å². The summed E-state index contributed by atoms with van der Waals surface area (Å²) in [6.45, 7) is 2.44. The van der Waals surface area contributed by atoms with Crippen molar-refractivity contribution in [3.63, 3.8) is 0 Å². The lowest BCUT2D eigenvalue weighted by Crippen LogP contribution is -2.13. The predicted molar refractivity (Wildman–Crippen MR) is 93.0 cm³/mol. The van der Waals surface area contributed by atoms with E-state index in [1.807, 2.05) is 19.1 Å². The molecule has 1 heterocycles. The van der Waals surface area contributed by atoms with Gasteiger partial charge in [0.2, 0.25) is 0 Å². The quantitative estimate of drug-likeness (QED) is 0.752. The number of aromatic amines is 1. The second-order valence-electron chi connectivity index (χ2n) is 4.90. The third-order valence-electron chi connectivity index (χ3n) is 3.35. The number of rotatable bonds is 4. The highest BCUT2D eigenvalue weighted by molar-refractivity contribution is 6.32. The summed E-state index contributed by atoms with van der Waals surface area (Å²) < 4.78 is 6.92. The van der Waals surface area contributed by atoms with Gasteiger partial charge in [0.15, 0.2) is 0 Å². The van der Waals surface area contributed by atoms with Crippen LogP contribution in [0.25, 0.3) is 16.9 Å². The average molecular weight is 349 g/mol. The minimum Gasteiger partial charge on any atom is -0.492 e. The molecule has 6 heteroatoms. The van der Waals surface area contributed by atoms with Gasteiger partial charge in [-0.15, -0.1) is 0 Å². The lowest BCUT2D eigenvalue weighted by Gasteiger charge is -2.06. The van der Waals surface area contributed by atoms with Gasteiger partial charge in [-0.2, -0.15) is 0 Å². The van der Waals surface area contributed by atoms with Gasteiger partial charge in [0.25, 0.3) is 0 Å². The fourth-order valence-corrected chi connectivity index (χ4v) is 2.72. The molecule has 118 valence electrons. The zero-order chi connectivity index (χ0) is 16.4. The minimum absolute atomic E-state index is 0.243. The maximum atomic E-state index is 12.2. The molecule has 2 aromatic carbocycles. The van der Waals surface area contributed by atoms with Crippen LogP contribution in [-0.4, -0.2) is 16.2 Å². The molecule has 0 bridgehead atoms. The fraction of sp³-hybridized carbons (Fsp3) is 0.118. The van der Waals surface area contributed by atoms with Gasteiger partial charge < -0.3 is 9.72 Å². The van der Waals surface area contributed by atoms with Crippen molar-refractivity contribution in [3.05, 3.63) is 69.2 Å². The molecule has 0 saturated carbocycles. The first-order chi connectivity index (χ1) is 11.1. The predicted octanol–water partition coefficient (Wildman–Crippen LogP) is 4.54. The Bertz CT molecular complexity index is 900. The van der Waals surface area contributed by atoms with Crippen molar-refractivity contribution in [2.75, 3.05) is 6.61 Å². The maximum Gasteiger partial charge on any atom is 0.330 e. The fourth-order valence-electron chi connectivity index (χ4n) is 2.30. The summed E-state index contributed by atoms with van der Waals surface area (Å²) in [5.41, 5.74) is 1.92. The van der Waals surface area contributed by atoms with E-state index >= 15 is 0 Å². The minimum atomic E-state index is -0.243. The summed E-state index contributed by atoms with van der Waals surface area (Å²) in [5.74, 6) is 0.620. The number of H-pyrrole nitrogens is 1. The first-order valence-corrected chi connectivity index (χ1v) is 7.84. The molecule has 0 unspecified atom stereocenters. The molecule has 3 rings (SSSR count). The van der Waals surface area contributed by atoms with Crippen molar-refractivity contribution in [2.24, 2.45) is 0 Å². The van der Waals surface area contributed by atoms with E-state index in [-0.39, 0.29) is 5.69 Å². The van der Waals surface area contributed by atoms with E-state index in [2.05, 4.69) is 4.98 Å². The Morgan fingerprint density at radius 2 is 2.00 bits per heavy atom. The molecular weight excluding hydrogens is 335 g/mol. The van der Waals surface area contributed by atoms with E-state index in [0.29, 0.717) is 33.8 Å². The van der Waals surface area contributed by atoms with E-state index in [9.17, 15) is 4.79 Å². The van der Waals surface area contributed by atoms with E-state index in [0.717, 1.165) is 5.56 Å². The zero-order valence-electron chi connectivity index (χ0n) is 12.3. The van der Waals surface area contributed by atoms with E-state index in [4.69, 9.17) is 27.9 Å². The summed E-state index contributed by atoms with van der Waals surface area (Å²) in [5, 5.41) is 1.07. The van der Waals surface area contributed by atoms with E-state index in [1.165, 1.54) is 4.57 Å². The van der Waals surface area contributed by atoms with Crippen LogP contribution in [0.15, 0.2) is 53.5 Å². The van der Waals surface area contributed by atoms with Crippen molar-refractivity contribution in [1.29, 1.82) is 0 Å². The number of imidazole rings is 1. The first-order valence-electron chi connectivity index (χ1n) is 7.09. The van der Waals surface area contributed by atoms with Crippen LogP contribution in [0.4, 0.5) is 0 Å². The molecule has 0 saturated heterocycles. The van der Waals surface area contributed by atoms with Crippen LogP contribution >= 0.6 is 23.2 Å². The molecule has 0 aliphatic rings. The van der Waals surface area contributed by atoms with Crippen molar-refractivity contribution >= 4 is 23.2 Å². The number of nitrogens with one attached hydrogen (secondary N) is 1. The van der Waals surface area contributed by atoms with Gasteiger partial charge in [-0.1, -0.05) is 29.3 Å². The molecule has 0 radical (unpaired) electrons. The van der Waals surface area contributed by atoms with E-state index in [1.54, 1.807) is 36.5 Å². The second-order valence-corrected chi connectivity index (χ2v) is 5.74. The largest absolute Gasteiger partial charge is 0.492 e. The third-order valence-corrected chi connectivity index (χ3v) is 3.88. The highest BCUT2D eigenvalue weighted by atomic mass is 35.5. The van der Waals surface area contributed by atoms with Crippen LogP contribution in [0.5, 0.6) is 5.75 Å². The Balaban J connectivity index is 2.01. The summed E-state index contributed by atoms with van der Waals surface area (Å²) in [4.78, 5) is 15.0. The van der Waals surface area contributed by atoms with Gasteiger partial charge in [0.1, 0.15) is 5.75 Å². The number of nitrogens with zero attached hydrogens (tertiary/aromatic N) is 1. The number of hydrogen-bond acceptors (Lipinski definition) is 2. The number of halogens is 2. The first kappa shape index (κ1) is 15.7. The molecule has 1 aromatic heterocycles. The SMILES string of the molecule is CCOc1ccc(-c2cn(-c3cccc(Cl)c3)c(=O)[nH]2)cc1Cl. The van der Waals surface area contributed by atoms with Crippen LogP contribution in [0, 0.1) is 0 Å².